The van der Waals surface area contributed by atoms with E-state index < -0.39 is 5.54 Å². The number of nitrogens with zero attached hydrogens (tertiary/aromatic N) is 1. The number of hydrogen-bond acceptors (Lipinski definition) is 4. The maximum absolute atomic E-state index is 9.13. The molecule has 1 aromatic carbocycles. The highest BCUT2D eigenvalue weighted by Gasteiger charge is 2.22. The van der Waals surface area contributed by atoms with Gasteiger partial charge in [0.15, 0.2) is 0 Å². The molecule has 0 atom stereocenters. The summed E-state index contributed by atoms with van der Waals surface area (Å²) in [5.74, 6) is 0. The molecule has 16 heavy (non-hydrogen) atoms. The zero-order valence-corrected chi connectivity index (χ0v) is 9.62. The number of halogens is 1. The predicted molar refractivity (Wildman–Crippen MR) is 62.4 cm³/mol. The molecule has 0 unspecified atom stereocenters. The summed E-state index contributed by atoms with van der Waals surface area (Å²) in [5.41, 5.74) is 0.0533. The molecule has 0 aliphatic heterocycles. The number of nitriles is 1. The fourth-order valence-electron chi connectivity index (χ4n) is 1.17. The molecule has 0 aliphatic carbocycles. The minimum Gasteiger partial charge on any atom is -0.394 e. The van der Waals surface area contributed by atoms with Gasteiger partial charge in [0.2, 0.25) is 0 Å². The Labute approximate surface area is 99.1 Å². The molecule has 4 nitrogen and oxygen atoms in total. The largest absolute Gasteiger partial charge is 0.394 e. The van der Waals surface area contributed by atoms with Gasteiger partial charge >= 0.3 is 0 Å². The Morgan fingerprint density at radius 2 is 2.06 bits per heavy atom. The van der Waals surface area contributed by atoms with Crippen molar-refractivity contribution < 1.29 is 10.2 Å². The van der Waals surface area contributed by atoms with Gasteiger partial charge in [0.05, 0.1) is 30.0 Å². The zero-order chi connectivity index (χ0) is 12.2. The van der Waals surface area contributed by atoms with Crippen molar-refractivity contribution in [1.29, 1.82) is 5.26 Å². The summed E-state index contributed by atoms with van der Waals surface area (Å²) in [6.45, 7) is 1.18. The maximum atomic E-state index is 9.13. The van der Waals surface area contributed by atoms with Crippen LogP contribution in [0.1, 0.15) is 12.5 Å². The molecule has 0 amide bonds. The number of anilines is 1. The fraction of sp³-hybridized carbons (Fsp3) is 0.364. The third-order valence-corrected chi connectivity index (χ3v) is 2.47. The summed E-state index contributed by atoms with van der Waals surface area (Å²) < 4.78 is 0. The van der Waals surface area contributed by atoms with Crippen LogP contribution in [0.5, 0.6) is 0 Å². The van der Waals surface area contributed by atoms with Crippen molar-refractivity contribution in [2.24, 2.45) is 0 Å². The average molecular weight is 241 g/mol. The molecular formula is C11H13ClN2O2. The topological polar surface area (TPSA) is 76.3 Å². The molecule has 0 heterocycles. The lowest BCUT2D eigenvalue weighted by Crippen LogP contribution is -2.42. The lowest BCUT2D eigenvalue weighted by Gasteiger charge is -2.28. The number of benzene rings is 1. The summed E-state index contributed by atoms with van der Waals surface area (Å²) >= 11 is 5.76. The van der Waals surface area contributed by atoms with Gasteiger partial charge in [0, 0.05) is 5.02 Å². The Hall–Kier alpha value is -1.28. The second kappa shape index (κ2) is 5.17. The van der Waals surface area contributed by atoms with Gasteiger partial charge in [-0.25, -0.2) is 0 Å². The van der Waals surface area contributed by atoms with E-state index in [4.69, 9.17) is 27.1 Å². The second-order valence-corrected chi connectivity index (χ2v) is 4.24. The maximum Gasteiger partial charge on any atom is 0.101 e. The number of nitrogens with one attached hydrogen (secondary N) is 1. The first-order valence-corrected chi connectivity index (χ1v) is 5.12. The van der Waals surface area contributed by atoms with Crippen LogP contribution < -0.4 is 5.32 Å². The third kappa shape index (κ3) is 2.86. The van der Waals surface area contributed by atoms with Crippen molar-refractivity contribution >= 4 is 17.3 Å². The smallest absolute Gasteiger partial charge is 0.101 e. The molecule has 1 aromatic rings. The first-order chi connectivity index (χ1) is 7.54. The van der Waals surface area contributed by atoms with Gasteiger partial charge in [-0.1, -0.05) is 11.6 Å². The molecule has 0 radical (unpaired) electrons. The number of hydrogen-bond donors (Lipinski definition) is 3. The van der Waals surface area contributed by atoms with Crippen LogP contribution in [0, 0.1) is 11.3 Å². The Morgan fingerprint density at radius 1 is 1.44 bits per heavy atom. The van der Waals surface area contributed by atoms with Crippen LogP contribution in [0.25, 0.3) is 0 Å². The first-order valence-electron chi connectivity index (χ1n) is 4.74. The van der Waals surface area contributed by atoms with Crippen LogP contribution in [0.2, 0.25) is 5.02 Å². The van der Waals surface area contributed by atoms with Crippen LogP contribution >= 0.6 is 11.6 Å². The van der Waals surface area contributed by atoms with Gasteiger partial charge in [-0.05, 0) is 25.1 Å². The van der Waals surface area contributed by atoms with Gasteiger partial charge < -0.3 is 15.5 Å². The van der Waals surface area contributed by atoms with E-state index in [-0.39, 0.29) is 13.2 Å². The molecule has 0 saturated carbocycles. The summed E-state index contributed by atoms with van der Waals surface area (Å²) in [7, 11) is 0. The highest BCUT2D eigenvalue weighted by Crippen LogP contribution is 2.22. The molecule has 0 saturated heterocycles. The molecule has 0 bridgehead atoms. The molecule has 3 N–H and O–H groups in total. The molecule has 0 aliphatic rings. The molecule has 0 aromatic heterocycles. The summed E-state index contributed by atoms with van der Waals surface area (Å²) in [6.07, 6.45) is 0. The normalized spacial score (nSPS) is 10.9. The Balaban J connectivity index is 3.02. The lowest BCUT2D eigenvalue weighted by atomic mass is 10.0. The van der Waals surface area contributed by atoms with E-state index in [1.807, 2.05) is 6.07 Å². The van der Waals surface area contributed by atoms with E-state index >= 15 is 0 Å². The van der Waals surface area contributed by atoms with E-state index in [1.54, 1.807) is 19.1 Å². The highest BCUT2D eigenvalue weighted by molar-refractivity contribution is 6.30. The predicted octanol–water partition coefficient (Wildman–Crippen LogP) is 1.37. The SMILES string of the molecule is CC(CO)(CO)Nc1ccc(Cl)cc1C#N. The quantitative estimate of drug-likeness (QED) is 0.743. The standard InChI is InChI=1S/C11H13ClN2O2/c1-11(6-15,7-16)14-10-3-2-9(12)4-8(10)5-13/h2-4,14-16H,6-7H2,1H3. The number of aliphatic hydroxyl groups is 2. The van der Waals surface area contributed by atoms with Crippen molar-refractivity contribution in [1.82, 2.24) is 0 Å². The van der Waals surface area contributed by atoms with Gasteiger partial charge in [0.25, 0.3) is 0 Å². The fourth-order valence-corrected chi connectivity index (χ4v) is 1.34. The van der Waals surface area contributed by atoms with Gasteiger partial charge in [-0.2, -0.15) is 5.26 Å². The molecule has 5 heteroatoms. The molecule has 86 valence electrons. The summed E-state index contributed by atoms with van der Waals surface area (Å²) in [5, 5.41) is 30.6. The van der Waals surface area contributed by atoms with Crippen molar-refractivity contribution in [3.63, 3.8) is 0 Å². The van der Waals surface area contributed by atoms with E-state index in [0.717, 1.165) is 0 Å². The average Bonchev–Trinajstić information content (AvgIpc) is 2.31. The van der Waals surface area contributed by atoms with E-state index in [2.05, 4.69) is 5.32 Å². The Bertz CT molecular complexity index is 411. The molecule has 0 spiro atoms. The summed E-state index contributed by atoms with van der Waals surface area (Å²) in [6, 6.07) is 6.81. The monoisotopic (exact) mass is 240 g/mol. The molecule has 1 rings (SSSR count). The molecule has 0 fully saturated rings. The van der Waals surface area contributed by atoms with E-state index in [9.17, 15) is 0 Å². The number of aliphatic hydroxyl groups excluding tert-OH is 2. The van der Waals surface area contributed by atoms with Crippen LogP contribution in [0.3, 0.4) is 0 Å². The van der Waals surface area contributed by atoms with Crippen molar-refractivity contribution in [3.05, 3.63) is 28.8 Å². The van der Waals surface area contributed by atoms with Crippen molar-refractivity contribution in [3.8, 4) is 6.07 Å². The van der Waals surface area contributed by atoms with E-state index in [0.29, 0.717) is 16.3 Å². The third-order valence-electron chi connectivity index (χ3n) is 2.24. The van der Waals surface area contributed by atoms with Gasteiger partial charge in [-0.15, -0.1) is 0 Å². The van der Waals surface area contributed by atoms with Crippen molar-refractivity contribution in [2.75, 3.05) is 18.5 Å². The van der Waals surface area contributed by atoms with Crippen LogP contribution in [0.4, 0.5) is 5.69 Å². The van der Waals surface area contributed by atoms with E-state index in [1.165, 1.54) is 6.07 Å². The minimum atomic E-state index is -0.862. The minimum absolute atomic E-state index is 0.239. The second-order valence-electron chi connectivity index (χ2n) is 3.80. The Kier molecular flexibility index (Phi) is 4.13. The van der Waals surface area contributed by atoms with Crippen LogP contribution in [-0.4, -0.2) is 29.0 Å². The van der Waals surface area contributed by atoms with Crippen LogP contribution in [-0.2, 0) is 0 Å². The van der Waals surface area contributed by atoms with Crippen molar-refractivity contribution in [2.45, 2.75) is 12.5 Å². The lowest BCUT2D eigenvalue weighted by molar-refractivity contribution is 0.147. The molecular weight excluding hydrogens is 228 g/mol. The van der Waals surface area contributed by atoms with Crippen LogP contribution in [0.15, 0.2) is 18.2 Å². The highest BCUT2D eigenvalue weighted by atomic mass is 35.5. The first kappa shape index (κ1) is 12.8. The summed E-state index contributed by atoms with van der Waals surface area (Å²) in [4.78, 5) is 0. The van der Waals surface area contributed by atoms with Gasteiger partial charge in [-0.3, -0.25) is 0 Å². The zero-order valence-electron chi connectivity index (χ0n) is 8.87. The van der Waals surface area contributed by atoms with Gasteiger partial charge in [0.1, 0.15) is 6.07 Å². The Morgan fingerprint density at radius 3 is 2.56 bits per heavy atom. The number of rotatable bonds is 4.